The Morgan fingerprint density at radius 2 is 0.660 bits per heavy atom. The average molecular weight is 705 g/mol. The van der Waals surface area contributed by atoms with Crippen molar-refractivity contribution in [3.63, 3.8) is 0 Å². The normalized spacial score (nSPS) is 11.9. The summed E-state index contributed by atoms with van der Waals surface area (Å²) in [6.45, 7) is 6.18. The number of sulfone groups is 2. The summed E-state index contributed by atoms with van der Waals surface area (Å²) >= 11 is 0. The van der Waals surface area contributed by atoms with Crippen molar-refractivity contribution in [2.75, 3.05) is 7.11 Å². The second kappa shape index (κ2) is 13.9. The number of aryl methyl sites for hydroxylation is 1. The van der Waals surface area contributed by atoms with Crippen LogP contribution in [0.2, 0.25) is 0 Å². The Bertz CT molecular complexity index is 2300. The molecular formula is C41H36O7S2. The molecule has 6 aromatic carbocycles. The molecule has 0 amide bonds. The van der Waals surface area contributed by atoms with Crippen LogP contribution in [-0.4, -0.2) is 23.9 Å². The van der Waals surface area contributed by atoms with Crippen molar-refractivity contribution >= 4 is 19.7 Å². The Hall–Kier alpha value is -5.38. The maximum Gasteiger partial charge on any atom is 0.206 e. The minimum Gasteiger partial charge on any atom is -0.497 e. The highest BCUT2D eigenvalue weighted by atomic mass is 32.2. The Kier molecular flexibility index (Phi) is 9.56. The highest BCUT2D eigenvalue weighted by Crippen LogP contribution is 2.35. The number of benzene rings is 6. The van der Waals surface area contributed by atoms with E-state index in [1.807, 2.05) is 55.5 Å². The Morgan fingerprint density at radius 1 is 0.400 bits per heavy atom. The third-order valence-electron chi connectivity index (χ3n) is 8.59. The third kappa shape index (κ3) is 7.29. The van der Waals surface area contributed by atoms with Crippen LogP contribution in [0.1, 0.15) is 30.5 Å². The van der Waals surface area contributed by atoms with Gasteiger partial charge in [0.2, 0.25) is 19.7 Å². The monoisotopic (exact) mass is 704 g/mol. The predicted molar refractivity (Wildman–Crippen MR) is 193 cm³/mol. The molecule has 0 heterocycles. The van der Waals surface area contributed by atoms with Crippen LogP contribution < -0.4 is 14.2 Å². The zero-order valence-electron chi connectivity index (χ0n) is 28.0. The van der Waals surface area contributed by atoms with Crippen molar-refractivity contribution in [3.8, 4) is 28.7 Å². The summed E-state index contributed by atoms with van der Waals surface area (Å²) in [4.78, 5) is 0.817. The molecule has 50 heavy (non-hydrogen) atoms. The molecule has 0 bridgehead atoms. The zero-order chi connectivity index (χ0) is 35.5. The largest absolute Gasteiger partial charge is 0.497 e. The summed E-state index contributed by atoms with van der Waals surface area (Å²) in [6.07, 6.45) is 0. The summed E-state index contributed by atoms with van der Waals surface area (Å²) in [7, 11) is -5.76. The quantitative estimate of drug-likeness (QED) is 0.133. The summed E-state index contributed by atoms with van der Waals surface area (Å²) in [5, 5.41) is 0. The molecule has 0 spiro atoms. The van der Waals surface area contributed by atoms with E-state index in [1.54, 1.807) is 72.8 Å². The van der Waals surface area contributed by atoms with Crippen molar-refractivity contribution in [1.29, 1.82) is 0 Å². The highest BCUT2D eigenvalue weighted by Gasteiger charge is 2.24. The minimum atomic E-state index is -3.68. The standard InChI is InChI=1S/C41H36O7S2/c1-29-5-21-37(22-6-29)49(42,43)39-25-17-35(18-26-39)47-33-11-7-30(8-12-33)41(2,3)31-9-13-34(14-10-31)48-36-19-27-40(28-20-36)50(44,45)38-23-15-32(46-4)16-24-38/h5-28H,1-4H3. The van der Waals surface area contributed by atoms with Gasteiger partial charge >= 0.3 is 0 Å². The van der Waals surface area contributed by atoms with Crippen molar-refractivity contribution in [1.82, 2.24) is 0 Å². The lowest BCUT2D eigenvalue weighted by Gasteiger charge is -2.26. The molecule has 9 heteroatoms. The van der Waals surface area contributed by atoms with Gasteiger partial charge in [-0.1, -0.05) is 55.8 Å². The summed E-state index contributed by atoms with van der Waals surface area (Å²) in [5.74, 6) is 2.88. The van der Waals surface area contributed by atoms with Gasteiger partial charge in [-0.25, -0.2) is 16.8 Å². The van der Waals surface area contributed by atoms with Gasteiger partial charge in [-0.05, 0) is 127 Å². The van der Waals surface area contributed by atoms with E-state index in [4.69, 9.17) is 14.2 Å². The van der Waals surface area contributed by atoms with Crippen LogP contribution in [0.3, 0.4) is 0 Å². The SMILES string of the molecule is COc1ccc(S(=O)(=O)c2ccc(Oc3ccc(C(C)(C)c4ccc(Oc5ccc(S(=O)(=O)c6ccc(C)cc6)cc5)cc4)cc3)cc2)cc1. The Labute approximate surface area is 293 Å². The smallest absolute Gasteiger partial charge is 0.206 e. The molecule has 6 rings (SSSR count). The Morgan fingerprint density at radius 3 is 0.960 bits per heavy atom. The number of hydrogen-bond acceptors (Lipinski definition) is 7. The summed E-state index contributed by atoms with van der Waals surface area (Å²) < 4.78 is 69.2. The van der Waals surface area contributed by atoms with Crippen molar-refractivity contribution in [2.45, 2.75) is 45.8 Å². The van der Waals surface area contributed by atoms with Gasteiger partial charge in [0.05, 0.1) is 26.7 Å². The lowest BCUT2D eigenvalue weighted by Crippen LogP contribution is -2.18. The second-order valence-corrected chi connectivity index (χ2v) is 16.2. The van der Waals surface area contributed by atoms with Crippen LogP contribution in [0.5, 0.6) is 28.7 Å². The molecule has 0 aliphatic rings. The van der Waals surface area contributed by atoms with Crippen molar-refractivity contribution < 1.29 is 31.0 Å². The molecule has 254 valence electrons. The molecule has 0 aliphatic carbocycles. The van der Waals surface area contributed by atoms with E-state index in [2.05, 4.69) is 13.8 Å². The molecular weight excluding hydrogens is 669 g/mol. The molecule has 7 nitrogen and oxygen atoms in total. The van der Waals surface area contributed by atoms with Gasteiger partial charge in [0.15, 0.2) is 0 Å². The highest BCUT2D eigenvalue weighted by molar-refractivity contribution is 7.91. The number of ether oxygens (including phenoxy) is 3. The zero-order valence-corrected chi connectivity index (χ0v) is 29.7. The van der Waals surface area contributed by atoms with Crippen molar-refractivity contribution in [2.24, 2.45) is 0 Å². The topological polar surface area (TPSA) is 96.0 Å². The molecule has 0 atom stereocenters. The minimum absolute atomic E-state index is 0.172. The second-order valence-electron chi connectivity index (χ2n) is 12.3. The molecule has 0 unspecified atom stereocenters. The van der Waals surface area contributed by atoms with Gasteiger partial charge in [0, 0.05) is 5.41 Å². The van der Waals surface area contributed by atoms with E-state index < -0.39 is 19.7 Å². The molecule has 0 saturated heterocycles. The average Bonchev–Trinajstić information content (AvgIpc) is 3.13. The number of hydrogen-bond donors (Lipinski definition) is 0. The third-order valence-corrected chi connectivity index (χ3v) is 12.2. The molecule has 0 radical (unpaired) electrons. The van der Waals surface area contributed by atoms with E-state index in [-0.39, 0.29) is 25.0 Å². The fourth-order valence-corrected chi connectivity index (χ4v) is 7.96. The van der Waals surface area contributed by atoms with E-state index in [0.717, 1.165) is 16.7 Å². The van der Waals surface area contributed by atoms with Gasteiger partial charge in [-0.15, -0.1) is 0 Å². The molecule has 0 fully saturated rings. The molecule has 0 aliphatic heterocycles. The van der Waals surface area contributed by atoms with Gasteiger partial charge in [-0.3, -0.25) is 0 Å². The maximum atomic E-state index is 13.0. The number of methoxy groups -OCH3 is 1. The lowest BCUT2D eigenvalue weighted by molar-refractivity contribution is 0.414. The molecule has 0 N–H and O–H groups in total. The molecule has 0 aromatic heterocycles. The van der Waals surface area contributed by atoms with Gasteiger partial charge in [0.1, 0.15) is 28.7 Å². The van der Waals surface area contributed by atoms with E-state index >= 15 is 0 Å². The lowest BCUT2D eigenvalue weighted by atomic mass is 9.78. The van der Waals surface area contributed by atoms with Crippen LogP contribution in [0.25, 0.3) is 0 Å². The first kappa shape index (κ1) is 34.5. The fourth-order valence-electron chi connectivity index (χ4n) is 5.44. The van der Waals surface area contributed by atoms with Gasteiger partial charge in [-0.2, -0.15) is 0 Å². The predicted octanol–water partition coefficient (Wildman–Crippen LogP) is 9.58. The van der Waals surface area contributed by atoms with Crippen molar-refractivity contribution in [3.05, 3.63) is 162 Å². The van der Waals surface area contributed by atoms with Crippen LogP contribution in [0, 0.1) is 6.92 Å². The van der Waals surface area contributed by atoms with E-state index in [0.29, 0.717) is 28.7 Å². The van der Waals surface area contributed by atoms with Gasteiger partial charge in [0.25, 0.3) is 0 Å². The van der Waals surface area contributed by atoms with Crippen LogP contribution in [0.15, 0.2) is 165 Å². The molecule has 0 saturated carbocycles. The van der Waals surface area contributed by atoms with E-state index in [9.17, 15) is 16.8 Å². The first-order valence-corrected chi connectivity index (χ1v) is 18.8. The van der Waals surface area contributed by atoms with Gasteiger partial charge < -0.3 is 14.2 Å². The first-order chi connectivity index (χ1) is 23.9. The van der Waals surface area contributed by atoms with E-state index in [1.165, 1.54) is 31.4 Å². The summed E-state index contributed by atoms with van der Waals surface area (Å²) in [6, 6.07) is 41.4. The molecule has 6 aromatic rings. The van der Waals surface area contributed by atoms with Crippen LogP contribution >= 0.6 is 0 Å². The van der Waals surface area contributed by atoms with Crippen LogP contribution in [-0.2, 0) is 25.1 Å². The fraction of sp³-hybridized carbons (Fsp3) is 0.122. The van der Waals surface area contributed by atoms with Crippen LogP contribution in [0.4, 0.5) is 0 Å². The maximum absolute atomic E-state index is 13.0. The summed E-state index contributed by atoms with van der Waals surface area (Å²) in [5.41, 5.74) is 2.81. The Balaban J connectivity index is 1.08. The number of rotatable bonds is 11. The first-order valence-electron chi connectivity index (χ1n) is 15.8.